The number of aromatic nitrogens is 1. The number of carboxylic acid groups (broad SMARTS) is 1. The van der Waals surface area contributed by atoms with Crippen molar-refractivity contribution in [1.29, 1.82) is 0 Å². The van der Waals surface area contributed by atoms with Crippen molar-refractivity contribution in [2.24, 2.45) is 0 Å². The van der Waals surface area contributed by atoms with Gasteiger partial charge in [-0.05, 0) is 17.7 Å². The number of benzene rings is 1. The zero-order valence-electron chi connectivity index (χ0n) is 12.7. The smallest absolute Gasteiger partial charge is 0.335 e. The number of amides is 1. The van der Waals surface area contributed by atoms with Crippen molar-refractivity contribution in [3.05, 3.63) is 51.5 Å². The standard InChI is InChI=1S/C16H18N2O3S/c1-16(2,3)15-18-12(9-22-15)13(19)17-8-10-4-6-11(7-5-10)14(20)21/h4-7,9H,8H2,1-3H3,(H,17,19)(H,20,21). The summed E-state index contributed by atoms with van der Waals surface area (Å²) in [6.07, 6.45) is 0. The Morgan fingerprint density at radius 1 is 1.23 bits per heavy atom. The molecule has 2 aromatic rings. The molecule has 0 spiro atoms. The molecule has 0 unspecified atom stereocenters. The van der Waals surface area contributed by atoms with Crippen LogP contribution in [0.5, 0.6) is 0 Å². The van der Waals surface area contributed by atoms with Crippen LogP contribution in [0.2, 0.25) is 0 Å². The molecule has 22 heavy (non-hydrogen) atoms. The maximum absolute atomic E-state index is 12.1. The van der Waals surface area contributed by atoms with Gasteiger partial charge in [-0.3, -0.25) is 4.79 Å². The molecule has 0 saturated heterocycles. The highest BCUT2D eigenvalue weighted by atomic mass is 32.1. The SMILES string of the molecule is CC(C)(C)c1nc(C(=O)NCc2ccc(C(=O)O)cc2)cs1. The summed E-state index contributed by atoms with van der Waals surface area (Å²) in [5.41, 5.74) is 1.40. The van der Waals surface area contributed by atoms with E-state index in [1.54, 1.807) is 17.5 Å². The fourth-order valence-corrected chi connectivity index (χ4v) is 2.65. The number of nitrogens with one attached hydrogen (secondary N) is 1. The van der Waals surface area contributed by atoms with Gasteiger partial charge >= 0.3 is 5.97 Å². The molecule has 0 bridgehead atoms. The Labute approximate surface area is 133 Å². The van der Waals surface area contributed by atoms with E-state index < -0.39 is 5.97 Å². The van der Waals surface area contributed by atoms with E-state index in [4.69, 9.17) is 5.11 Å². The van der Waals surface area contributed by atoms with Crippen molar-refractivity contribution < 1.29 is 14.7 Å². The average Bonchev–Trinajstić information content (AvgIpc) is 2.95. The lowest BCUT2D eigenvalue weighted by Crippen LogP contribution is -2.23. The van der Waals surface area contributed by atoms with Crippen LogP contribution in [-0.2, 0) is 12.0 Å². The van der Waals surface area contributed by atoms with Gasteiger partial charge in [-0.15, -0.1) is 11.3 Å². The number of hydrogen-bond acceptors (Lipinski definition) is 4. The Hall–Kier alpha value is -2.21. The number of carbonyl (C=O) groups excluding carboxylic acids is 1. The summed E-state index contributed by atoms with van der Waals surface area (Å²) in [6.45, 7) is 6.49. The van der Waals surface area contributed by atoms with Gasteiger partial charge in [-0.2, -0.15) is 0 Å². The Morgan fingerprint density at radius 3 is 2.36 bits per heavy atom. The van der Waals surface area contributed by atoms with Crippen molar-refractivity contribution in [3.63, 3.8) is 0 Å². The van der Waals surface area contributed by atoms with Crippen molar-refractivity contribution >= 4 is 23.2 Å². The van der Waals surface area contributed by atoms with Crippen molar-refractivity contribution in [3.8, 4) is 0 Å². The van der Waals surface area contributed by atoms with E-state index in [9.17, 15) is 9.59 Å². The Kier molecular flexibility index (Phi) is 4.61. The normalized spacial score (nSPS) is 11.2. The molecule has 2 N–H and O–H groups in total. The summed E-state index contributed by atoms with van der Waals surface area (Å²) in [5.74, 6) is -1.19. The van der Waals surface area contributed by atoms with Crippen LogP contribution < -0.4 is 5.32 Å². The molecule has 116 valence electrons. The molecule has 0 aliphatic heterocycles. The lowest BCUT2D eigenvalue weighted by molar-refractivity contribution is 0.0696. The first-order chi connectivity index (χ1) is 10.3. The second-order valence-electron chi connectivity index (χ2n) is 5.97. The quantitative estimate of drug-likeness (QED) is 0.908. The van der Waals surface area contributed by atoms with Crippen molar-refractivity contribution in [2.75, 3.05) is 0 Å². The third-order valence-corrected chi connectivity index (χ3v) is 4.30. The number of aromatic carboxylic acids is 1. The monoisotopic (exact) mass is 318 g/mol. The summed E-state index contributed by atoms with van der Waals surface area (Å²) in [7, 11) is 0. The van der Waals surface area contributed by atoms with Gasteiger partial charge in [0.25, 0.3) is 5.91 Å². The molecule has 2 rings (SSSR count). The molecule has 0 aliphatic carbocycles. The van der Waals surface area contributed by atoms with E-state index in [0.717, 1.165) is 10.6 Å². The van der Waals surface area contributed by atoms with Gasteiger partial charge in [0, 0.05) is 17.3 Å². The summed E-state index contributed by atoms with van der Waals surface area (Å²) < 4.78 is 0. The van der Waals surface area contributed by atoms with Gasteiger partial charge in [0.15, 0.2) is 0 Å². The van der Waals surface area contributed by atoms with E-state index in [0.29, 0.717) is 12.2 Å². The summed E-state index contributed by atoms with van der Waals surface area (Å²) in [5, 5.41) is 14.3. The average molecular weight is 318 g/mol. The number of carboxylic acids is 1. The molecule has 6 heteroatoms. The third kappa shape index (κ3) is 3.92. The lowest BCUT2D eigenvalue weighted by atomic mass is 9.98. The molecular formula is C16H18N2O3S. The van der Waals surface area contributed by atoms with Gasteiger partial charge < -0.3 is 10.4 Å². The van der Waals surface area contributed by atoms with Crippen molar-refractivity contribution in [2.45, 2.75) is 32.7 Å². The molecule has 0 saturated carbocycles. The first kappa shape index (κ1) is 16.2. The van der Waals surface area contributed by atoms with Crippen LogP contribution in [0.15, 0.2) is 29.6 Å². The van der Waals surface area contributed by atoms with E-state index in [1.807, 2.05) is 0 Å². The number of carbonyl (C=O) groups is 2. The Bertz CT molecular complexity index is 684. The topological polar surface area (TPSA) is 79.3 Å². The summed E-state index contributed by atoms with van der Waals surface area (Å²) >= 11 is 1.47. The highest BCUT2D eigenvalue weighted by Gasteiger charge is 2.20. The number of hydrogen-bond donors (Lipinski definition) is 2. The molecule has 0 aliphatic rings. The van der Waals surface area contributed by atoms with Crippen LogP contribution >= 0.6 is 11.3 Å². The minimum Gasteiger partial charge on any atom is -0.478 e. The van der Waals surface area contributed by atoms with E-state index >= 15 is 0 Å². The minimum absolute atomic E-state index is 0.0736. The molecule has 1 amide bonds. The molecule has 0 atom stereocenters. The van der Waals surface area contributed by atoms with Gasteiger partial charge in [-0.25, -0.2) is 9.78 Å². The predicted octanol–water partition coefficient (Wildman–Crippen LogP) is 3.07. The lowest BCUT2D eigenvalue weighted by Gasteiger charge is -2.13. The first-order valence-corrected chi connectivity index (χ1v) is 7.72. The van der Waals surface area contributed by atoms with E-state index in [2.05, 4.69) is 31.1 Å². The van der Waals surface area contributed by atoms with Crippen molar-refractivity contribution in [1.82, 2.24) is 10.3 Å². The molecule has 5 nitrogen and oxygen atoms in total. The predicted molar refractivity (Wildman–Crippen MR) is 85.4 cm³/mol. The van der Waals surface area contributed by atoms with Gasteiger partial charge in [0.05, 0.1) is 10.6 Å². The molecule has 0 fully saturated rings. The fraction of sp³-hybridized carbons (Fsp3) is 0.312. The molecule has 1 heterocycles. The molecule has 1 aromatic heterocycles. The van der Waals surface area contributed by atoms with E-state index in [-0.39, 0.29) is 16.9 Å². The molecular weight excluding hydrogens is 300 g/mol. The zero-order chi connectivity index (χ0) is 16.3. The van der Waals surface area contributed by atoms with Gasteiger partial charge in [-0.1, -0.05) is 32.9 Å². The summed E-state index contributed by atoms with van der Waals surface area (Å²) in [4.78, 5) is 27.2. The number of thiazole rings is 1. The van der Waals surface area contributed by atoms with Crippen LogP contribution in [0.3, 0.4) is 0 Å². The maximum Gasteiger partial charge on any atom is 0.335 e. The second kappa shape index (κ2) is 6.27. The summed E-state index contributed by atoms with van der Waals surface area (Å²) in [6, 6.07) is 6.41. The Morgan fingerprint density at radius 2 is 1.86 bits per heavy atom. The first-order valence-electron chi connectivity index (χ1n) is 6.84. The maximum atomic E-state index is 12.1. The van der Waals surface area contributed by atoms with Crippen LogP contribution in [0.25, 0.3) is 0 Å². The van der Waals surface area contributed by atoms with Crippen LogP contribution in [-0.4, -0.2) is 22.0 Å². The number of rotatable bonds is 4. The van der Waals surface area contributed by atoms with Crippen LogP contribution in [0, 0.1) is 0 Å². The largest absolute Gasteiger partial charge is 0.478 e. The number of nitrogens with zero attached hydrogens (tertiary/aromatic N) is 1. The highest BCUT2D eigenvalue weighted by Crippen LogP contribution is 2.25. The third-order valence-electron chi connectivity index (χ3n) is 3.03. The minimum atomic E-state index is -0.965. The van der Waals surface area contributed by atoms with Crippen LogP contribution in [0.1, 0.15) is 52.2 Å². The van der Waals surface area contributed by atoms with Crippen LogP contribution in [0.4, 0.5) is 0 Å². The van der Waals surface area contributed by atoms with Gasteiger partial charge in [0.1, 0.15) is 5.69 Å². The fourth-order valence-electron chi connectivity index (χ4n) is 1.76. The molecule has 1 aromatic carbocycles. The van der Waals surface area contributed by atoms with Gasteiger partial charge in [0.2, 0.25) is 0 Å². The second-order valence-corrected chi connectivity index (χ2v) is 6.83. The molecule has 0 radical (unpaired) electrons. The zero-order valence-corrected chi connectivity index (χ0v) is 13.5. The Balaban J connectivity index is 1.98. The van der Waals surface area contributed by atoms with E-state index in [1.165, 1.54) is 23.5 Å². The highest BCUT2D eigenvalue weighted by molar-refractivity contribution is 7.10.